The number of hydrogen-bond donors (Lipinski definition) is 0. The fourth-order valence-corrected chi connectivity index (χ4v) is 3.08. The van der Waals surface area contributed by atoms with Gasteiger partial charge in [-0.15, -0.1) is 22.9 Å². The van der Waals surface area contributed by atoms with Crippen molar-refractivity contribution in [2.75, 3.05) is 6.54 Å². The second-order valence-corrected chi connectivity index (χ2v) is 6.33. The predicted octanol–water partition coefficient (Wildman–Crippen LogP) is 4.31. The molecule has 1 unspecified atom stereocenters. The molecule has 0 amide bonds. The lowest BCUT2D eigenvalue weighted by Crippen LogP contribution is -2.36. The Morgan fingerprint density at radius 2 is 1.94 bits per heavy atom. The summed E-state index contributed by atoms with van der Waals surface area (Å²) < 4.78 is 0. The third-order valence-electron chi connectivity index (χ3n) is 2.80. The van der Waals surface area contributed by atoms with Crippen molar-refractivity contribution in [3.63, 3.8) is 0 Å². The zero-order valence-corrected chi connectivity index (χ0v) is 13.0. The van der Waals surface area contributed by atoms with Crippen LogP contribution in [-0.4, -0.2) is 22.5 Å². The highest BCUT2D eigenvalue weighted by molar-refractivity contribution is 7.09. The molecule has 0 aromatic carbocycles. The fourth-order valence-electron chi connectivity index (χ4n) is 1.96. The molecule has 0 N–H and O–H groups in total. The van der Waals surface area contributed by atoms with E-state index in [1.165, 1.54) is 5.01 Å². The minimum absolute atomic E-state index is 0.374. The van der Waals surface area contributed by atoms with Gasteiger partial charge in [0, 0.05) is 18.0 Å². The third-order valence-corrected chi connectivity index (χ3v) is 4.14. The highest BCUT2D eigenvalue weighted by Gasteiger charge is 2.21. The van der Waals surface area contributed by atoms with Crippen LogP contribution in [0.1, 0.15) is 51.4 Å². The lowest BCUT2D eigenvalue weighted by Gasteiger charge is -2.33. The van der Waals surface area contributed by atoms with Crippen LogP contribution in [0.15, 0.2) is 5.38 Å². The minimum atomic E-state index is 0.374. The molecule has 0 bridgehead atoms. The van der Waals surface area contributed by atoms with E-state index in [-0.39, 0.29) is 0 Å². The number of thiazole rings is 1. The lowest BCUT2D eigenvalue weighted by molar-refractivity contribution is 0.145. The molecule has 2 nitrogen and oxygen atoms in total. The van der Waals surface area contributed by atoms with Gasteiger partial charge in [0.1, 0.15) is 5.01 Å². The van der Waals surface area contributed by atoms with Crippen LogP contribution in [0.25, 0.3) is 0 Å². The zero-order chi connectivity index (χ0) is 13.0. The van der Waals surface area contributed by atoms with Gasteiger partial charge in [-0.05, 0) is 26.7 Å². The summed E-state index contributed by atoms with van der Waals surface area (Å²) in [6, 6.07) is 0.912. The summed E-state index contributed by atoms with van der Waals surface area (Å²) in [5, 5.41) is 3.24. The summed E-state index contributed by atoms with van der Waals surface area (Å²) in [7, 11) is 0. The summed E-state index contributed by atoms with van der Waals surface area (Å²) in [5.41, 5.74) is 0.992. The van der Waals surface area contributed by atoms with Crippen LogP contribution in [0.4, 0.5) is 0 Å². The van der Waals surface area contributed by atoms with Crippen molar-refractivity contribution in [2.24, 2.45) is 5.92 Å². The topological polar surface area (TPSA) is 16.1 Å². The maximum atomic E-state index is 5.80. The van der Waals surface area contributed by atoms with E-state index in [4.69, 9.17) is 11.6 Å². The number of alkyl halides is 1. The largest absolute Gasteiger partial charge is 0.292 e. The normalized spacial score (nSPS) is 13.9. The second-order valence-electron chi connectivity index (χ2n) is 5.17. The molecule has 0 aliphatic carbocycles. The molecule has 1 heterocycles. The van der Waals surface area contributed by atoms with Gasteiger partial charge in [-0.25, -0.2) is 4.98 Å². The van der Waals surface area contributed by atoms with Crippen LogP contribution < -0.4 is 0 Å². The molecule has 98 valence electrons. The molecule has 1 rings (SSSR count). The van der Waals surface area contributed by atoms with Crippen LogP contribution in [0.2, 0.25) is 0 Å². The van der Waals surface area contributed by atoms with E-state index in [1.54, 1.807) is 11.3 Å². The average molecular weight is 275 g/mol. The maximum absolute atomic E-state index is 5.80. The van der Waals surface area contributed by atoms with E-state index in [0.717, 1.165) is 12.2 Å². The van der Waals surface area contributed by atoms with Crippen LogP contribution in [0, 0.1) is 5.92 Å². The summed E-state index contributed by atoms with van der Waals surface area (Å²) in [6.07, 6.45) is 0. The molecule has 0 aliphatic heterocycles. The molecular weight excluding hydrogens is 252 g/mol. The molecule has 1 aromatic heterocycles. The first kappa shape index (κ1) is 14.9. The molecule has 17 heavy (non-hydrogen) atoms. The summed E-state index contributed by atoms with van der Waals surface area (Å²) in [5.74, 6) is 1.18. The average Bonchev–Trinajstić information content (AvgIpc) is 2.72. The first-order valence-corrected chi connectivity index (χ1v) is 7.63. The maximum Gasteiger partial charge on any atom is 0.110 e. The van der Waals surface area contributed by atoms with Gasteiger partial charge >= 0.3 is 0 Å². The van der Waals surface area contributed by atoms with Gasteiger partial charge < -0.3 is 0 Å². The van der Waals surface area contributed by atoms with Crippen LogP contribution >= 0.6 is 22.9 Å². The highest BCUT2D eigenvalue weighted by atomic mass is 35.5. The van der Waals surface area contributed by atoms with Gasteiger partial charge in [-0.2, -0.15) is 0 Å². The first-order chi connectivity index (χ1) is 7.95. The molecule has 0 saturated heterocycles. The van der Waals surface area contributed by atoms with Crippen molar-refractivity contribution in [3.8, 4) is 0 Å². The van der Waals surface area contributed by atoms with Crippen LogP contribution in [0.5, 0.6) is 0 Å². The van der Waals surface area contributed by atoms with Crippen molar-refractivity contribution < 1.29 is 0 Å². The molecule has 0 fully saturated rings. The highest BCUT2D eigenvalue weighted by Crippen LogP contribution is 2.26. The SMILES string of the molecule is CC(C)CN(C(C)C)C(C)c1nc(CCl)cs1. The summed E-state index contributed by atoms with van der Waals surface area (Å²) >= 11 is 7.52. The van der Waals surface area contributed by atoms with E-state index in [1.807, 2.05) is 0 Å². The Morgan fingerprint density at radius 1 is 1.29 bits per heavy atom. The molecular formula is C13H23ClN2S. The molecule has 1 aromatic rings. The quantitative estimate of drug-likeness (QED) is 0.719. The van der Waals surface area contributed by atoms with Crippen LogP contribution in [-0.2, 0) is 5.88 Å². The number of hydrogen-bond acceptors (Lipinski definition) is 3. The first-order valence-electron chi connectivity index (χ1n) is 6.21. The Kier molecular flexibility index (Phi) is 5.90. The number of rotatable bonds is 6. The molecule has 0 saturated carbocycles. The van der Waals surface area contributed by atoms with Gasteiger partial charge in [-0.1, -0.05) is 13.8 Å². The third kappa shape index (κ3) is 4.23. The summed E-state index contributed by atoms with van der Waals surface area (Å²) in [4.78, 5) is 7.09. The molecule has 1 atom stereocenters. The van der Waals surface area contributed by atoms with Crippen molar-refractivity contribution in [1.82, 2.24) is 9.88 Å². The molecule has 0 aliphatic rings. The Labute approximate surface area is 114 Å². The minimum Gasteiger partial charge on any atom is -0.292 e. The van der Waals surface area contributed by atoms with Crippen LogP contribution in [0.3, 0.4) is 0 Å². The smallest absolute Gasteiger partial charge is 0.110 e. The molecule has 4 heteroatoms. The standard InChI is InChI=1S/C13H23ClN2S/c1-9(2)7-16(10(3)4)11(5)13-15-12(6-14)8-17-13/h8-11H,6-7H2,1-5H3. The van der Waals surface area contributed by atoms with E-state index >= 15 is 0 Å². The van der Waals surface area contributed by atoms with Gasteiger partial charge in [-0.3, -0.25) is 4.90 Å². The predicted molar refractivity (Wildman–Crippen MR) is 76.8 cm³/mol. The fraction of sp³-hybridized carbons (Fsp3) is 0.769. The van der Waals surface area contributed by atoms with Gasteiger partial charge in [0.25, 0.3) is 0 Å². The van der Waals surface area contributed by atoms with E-state index in [9.17, 15) is 0 Å². The van der Waals surface area contributed by atoms with E-state index in [0.29, 0.717) is 23.9 Å². The molecule has 0 radical (unpaired) electrons. The van der Waals surface area contributed by atoms with E-state index < -0.39 is 0 Å². The van der Waals surface area contributed by atoms with Crippen molar-refractivity contribution in [3.05, 3.63) is 16.1 Å². The number of halogens is 1. The summed E-state index contributed by atoms with van der Waals surface area (Å²) in [6.45, 7) is 12.3. The van der Waals surface area contributed by atoms with Gasteiger partial charge in [0.2, 0.25) is 0 Å². The van der Waals surface area contributed by atoms with Crippen molar-refractivity contribution in [2.45, 2.75) is 52.6 Å². The monoisotopic (exact) mass is 274 g/mol. The molecule has 0 spiro atoms. The second kappa shape index (κ2) is 6.72. The number of nitrogens with zero attached hydrogens (tertiary/aromatic N) is 2. The Balaban J connectivity index is 2.79. The lowest BCUT2D eigenvalue weighted by atomic mass is 10.1. The van der Waals surface area contributed by atoms with Crippen molar-refractivity contribution >= 4 is 22.9 Å². The Bertz CT molecular complexity index is 336. The Hall–Kier alpha value is -0.120. The van der Waals surface area contributed by atoms with Gasteiger partial charge in [0.05, 0.1) is 17.6 Å². The Morgan fingerprint density at radius 3 is 2.35 bits per heavy atom. The zero-order valence-electron chi connectivity index (χ0n) is 11.4. The van der Waals surface area contributed by atoms with Gasteiger partial charge in [0.15, 0.2) is 0 Å². The van der Waals surface area contributed by atoms with E-state index in [2.05, 4.69) is 49.9 Å². The number of aromatic nitrogens is 1. The van der Waals surface area contributed by atoms with Crippen molar-refractivity contribution in [1.29, 1.82) is 0 Å².